The van der Waals surface area contributed by atoms with E-state index in [1.165, 1.54) is 0 Å². The average molecular weight is 282 g/mol. The Morgan fingerprint density at radius 1 is 1.30 bits per heavy atom. The number of nitrogens with one attached hydrogen (secondary N) is 1. The van der Waals surface area contributed by atoms with Crippen molar-refractivity contribution in [2.45, 2.75) is 64.5 Å². The molecule has 5 nitrogen and oxygen atoms in total. The maximum atomic E-state index is 12.2. The predicted molar refractivity (Wildman–Crippen MR) is 76.4 cm³/mol. The lowest BCUT2D eigenvalue weighted by Crippen LogP contribution is -2.55. The Balaban J connectivity index is 1.73. The fraction of sp³-hybridized carbons (Fsp3) is 0.867. The Morgan fingerprint density at radius 3 is 2.40 bits per heavy atom. The number of carbonyl (C=O) groups is 2. The van der Waals surface area contributed by atoms with Crippen LogP contribution in [0.5, 0.6) is 0 Å². The van der Waals surface area contributed by atoms with Crippen LogP contribution < -0.4 is 5.32 Å². The lowest BCUT2D eigenvalue weighted by molar-refractivity contribution is -0.140. The van der Waals surface area contributed by atoms with Gasteiger partial charge < -0.3 is 10.4 Å². The molecule has 5 heteroatoms. The molecule has 0 aromatic carbocycles. The van der Waals surface area contributed by atoms with E-state index in [-0.39, 0.29) is 23.9 Å². The van der Waals surface area contributed by atoms with Crippen LogP contribution in [-0.2, 0) is 9.59 Å². The van der Waals surface area contributed by atoms with Crippen molar-refractivity contribution in [3.63, 3.8) is 0 Å². The second-order valence-electron chi connectivity index (χ2n) is 6.28. The predicted octanol–water partition coefficient (Wildman–Crippen LogP) is 1.62. The maximum absolute atomic E-state index is 12.2. The van der Waals surface area contributed by atoms with Gasteiger partial charge >= 0.3 is 5.97 Å². The highest BCUT2D eigenvalue weighted by Crippen LogP contribution is 2.50. The molecule has 2 saturated carbocycles. The Morgan fingerprint density at radius 2 is 1.95 bits per heavy atom. The van der Waals surface area contributed by atoms with E-state index in [0.717, 1.165) is 45.1 Å². The number of carboxylic acids is 1. The van der Waals surface area contributed by atoms with Crippen LogP contribution in [-0.4, -0.2) is 47.1 Å². The van der Waals surface area contributed by atoms with E-state index in [0.29, 0.717) is 6.04 Å². The summed E-state index contributed by atoms with van der Waals surface area (Å²) in [6.45, 7) is 4.95. The Bertz CT molecular complexity index is 373. The molecule has 2 aliphatic carbocycles. The molecule has 0 aliphatic heterocycles. The Kier molecular flexibility index (Phi) is 4.68. The van der Waals surface area contributed by atoms with E-state index in [1.807, 2.05) is 11.8 Å². The molecule has 0 bridgehead atoms. The van der Waals surface area contributed by atoms with Crippen LogP contribution >= 0.6 is 0 Å². The molecule has 0 atom stereocenters. The molecule has 0 heterocycles. The van der Waals surface area contributed by atoms with Crippen LogP contribution in [0.1, 0.15) is 52.4 Å². The summed E-state index contributed by atoms with van der Waals surface area (Å²) in [5.41, 5.74) is -0.0641. The number of amides is 1. The molecule has 2 rings (SSSR count). The SMILES string of the molecule is CCCC1(C(=O)NC2CC(N(CC)CC(=O)O)C2)CC1. The van der Waals surface area contributed by atoms with Crippen LogP contribution in [0.3, 0.4) is 0 Å². The molecule has 114 valence electrons. The number of aliphatic carboxylic acids is 1. The highest BCUT2D eigenvalue weighted by Gasteiger charge is 2.49. The van der Waals surface area contributed by atoms with Crippen LogP contribution in [0.15, 0.2) is 0 Å². The van der Waals surface area contributed by atoms with Gasteiger partial charge in [-0.05, 0) is 38.6 Å². The van der Waals surface area contributed by atoms with Gasteiger partial charge in [0.05, 0.1) is 6.54 Å². The van der Waals surface area contributed by atoms with E-state index in [9.17, 15) is 9.59 Å². The molecule has 1 amide bonds. The Hall–Kier alpha value is -1.10. The molecule has 0 unspecified atom stereocenters. The average Bonchev–Trinajstić information content (AvgIpc) is 3.11. The minimum atomic E-state index is -0.779. The zero-order valence-electron chi connectivity index (χ0n) is 12.5. The molecule has 2 N–H and O–H groups in total. The van der Waals surface area contributed by atoms with Gasteiger partial charge in [-0.15, -0.1) is 0 Å². The lowest BCUT2D eigenvalue weighted by Gasteiger charge is -2.42. The smallest absolute Gasteiger partial charge is 0.317 e. The fourth-order valence-corrected chi connectivity index (χ4v) is 3.24. The van der Waals surface area contributed by atoms with Crippen molar-refractivity contribution in [3.8, 4) is 0 Å². The minimum Gasteiger partial charge on any atom is -0.480 e. The molecule has 20 heavy (non-hydrogen) atoms. The lowest BCUT2D eigenvalue weighted by atomic mass is 9.84. The molecule has 0 saturated heterocycles. The third-order valence-electron chi connectivity index (χ3n) is 4.77. The summed E-state index contributed by atoms with van der Waals surface area (Å²) in [7, 11) is 0. The number of likely N-dealkylation sites (N-methyl/N-ethyl adjacent to an activating group) is 1. The topological polar surface area (TPSA) is 69.6 Å². The zero-order valence-corrected chi connectivity index (χ0v) is 12.5. The van der Waals surface area contributed by atoms with E-state index >= 15 is 0 Å². The molecule has 0 aromatic rings. The normalized spacial score (nSPS) is 26.9. The molecule has 0 radical (unpaired) electrons. The van der Waals surface area contributed by atoms with E-state index < -0.39 is 5.97 Å². The number of rotatable bonds is 8. The fourth-order valence-electron chi connectivity index (χ4n) is 3.24. The highest BCUT2D eigenvalue weighted by atomic mass is 16.4. The van der Waals surface area contributed by atoms with Gasteiger partial charge in [-0.3, -0.25) is 14.5 Å². The van der Waals surface area contributed by atoms with E-state index in [2.05, 4.69) is 12.2 Å². The van der Waals surface area contributed by atoms with Crippen molar-refractivity contribution in [2.75, 3.05) is 13.1 Å². The first-order valence-electron chi connectivity index (χ1n) is 7.77. The van der Waals surface area contributed by atoms with Crippen molar-refractivity contribution in [3.05, 3.63) is 0 Å². The number of carboxylic acid groups (broad SMARTS) is 1. The van der Waals surface area contributed by atoms with Crippen LogP contribution in [0.2, 0.25) is 0 Å². The van der Waals surface area contributed by atoms with Crippen molar-refractivity contribution in [2.24, 2.45) is 5.41 Å². The maximum Gasteiger partial charge on any atom is 0.317 e. The number of hydrogen-bond donors (Lipinski definition) is 2. The number of carbonyl (C=O) groups excluding carboxylic acids is 1. The highest BCUT2D eigenvalue weighted by molar-refractivity contribution is 5.85. The van der Waals surface area contributed by atoms with E-state index in [1.54, 1.807) is 0 Å². The monoisotopic (exact) mass is 282 g/mol. The van der Waals surface area contributed by atoms with Crippen LogP contribution in [0, 0.1) is 5.41 Å². The molecule has 2 fully saturated rings. The second-order valence-corrected chi connectivity index (χ2v) is 6.28. The van der Waals surface area contributed by atoms with Crippen molar-refractivity contribution in [1.29, 1.82) is 0 Å². The quantitative estimate of drug-likeness (QED) is 0.710. The second kappa shape index (κ2) is 6.12. The number of nitrogens with zero attached hydrogens (tertiary/aromatic N) is 1. The third kappa shape index (κ3) is 3.32. The standard InChI is InChI=1S/C15H26N2O3/c1-3-5-15(6-7-15)14(20)16-11-8-12(9-11)17(4-2)10-13(18)19/h11-12H,3-10H2,1-2H3,(H,16,20)(H,18,19). The molecule has 2 aliphatic rings. The summed E-state index contributed by atoms with van der Waals surface area (Å²) in [6, 6.07) is 0.549. The summed E-state index contributed by atoms with van der Waals surface area (Å²) in [5.74, 6) is -0.553. The van der Waals surface area contributed by atoms with Gasteiger partial charge in [-0.1, -0.05) is 20.3 Å². The first-order valence-corrected chi connectivity index (χ1v) is 7.77. The minimum absolute atomic E-state index is 0.0641. The number of hydrogen-bond acceptors (Lipinski definition) is 3. The van der Waals surface area contributed by atoms with Gasteiger partial charge in [-0.2, -0.15) is 0 Å². The van der Waals surface area contributed by atoms with E-state index in [4.69, 9.17) is 5.11 Å². The first-order chi connectivity index (χ1) is 9.50. The Labute approximate surface area is 120 Å². The van der Waals surface area contributed by atoms with Gasteiger partial charge in [-0.25, -0.2) is 0 Å². The van der Waals surface area contributed by atoms with Gasteiger partial charge in [0.2, 0.25) is 5.91 Å². The summed E-state index contributed by atoms with van der Waals surface area (Å²) in [4.78, 5) is 25.0. The van der Waals surface area contributed by atoms with Gasteiger partial charge in [0, 0.05) is 17.5 Å². The molecule has 0 aromatic heterocycles. The molecular formula is C15H26N2O3. The first kappa shape index (κ1) is 15.3. The summed E-state index contributed by atoms with van der Waals surface area (Å²) in [5, 5.41) is 12.0. The molecular weight excluding hydrogens is 256 g/mol. The van der Waals surface area contributed by atoms with Gasteiger partial charge in [0.25, 0.3) is 0 Å². The largest absolute Gasteiger partial charge is 0.480 e. The summed E-state index contributed by atoms with van der Waals surface area (Å²) in [6.07, 6.45) is 5.88. The summed E-state index contributed by atoms with van der Waals surface area (Å²) >= 11 is 0. The zero-order chi connectivity index (χ0) is 14.8. The van der Waals surface area contributed by atoms with Crippen LogP contribution in [0.25, 0.3) is 0 Å². The summed E-state index contributed by atoms with van der Waals surface area (Å²) < 4.78 is 0. The van der Waals surface area contributed by atoms with Crippen LogP contribution in [0.4, 0.5) is 0 Å². The van der Waals surface area contributed by atoms with Crippen molar-refractivity contribution >= 4 is 11.9 Å². The molecule has 0 spiro atoms. The van der Waals surface area contributed by atoms with Crippen molar-refractivity contribution < 1.29 is 14.7 Å². The van der Waals surface area contributed by atoms with Crippen molar-refractivity contribution in [1.82, 2.24) is 10.2 Å². The van der Waals surface area contributed by atoms with Gasteiger partial charge in [0.15, 0.2) is 0 Å². The van der Waals surface area contributed by atoms with Gasteiger partial charge in [0.1, 0.15) is 0 Å². The third-order valence-corrected chi connectivity index (χ3v) is 4.77.